The van der Waals surface area contributed by atoms with Gasteiger partial charge in [-0.2, -0.15) is 0 Å². The second kappa shape index (κ2) is 8.55. The molecular formula is C23H15F3N2O4S. The Labute approximate surface area is 188 Å². The van der Waals surface area contributed by atoms with E-state index in [1.807, 2.05) is 0 Å². The first kappa shape index (κ1) is 22.3. The highest BCUT2D eigenvalue weighted by molar-refractivity contribution is 7.23. The van der Waals surface area contributed by atoms with Crippen molar-refractivity contribution in [1.29, 1.82) is 0 Å². The van der Waals surface area contributed by atoms with Crippen LogP contribution in [0.5, 0.6) is 5.75 Å². The van der Waals surface area contributed by atoms with Crippen LogP contribution in [0.1, 0.15) is 22.8 Å². The molecule has 0 saturated carbocycles. The number of pyridine rings is 1. The highest BCUT2D eigenvalue weighted by Gasteiger charge is 2.31. The quantitative estimate of drug-likeness (QED) is 0.408. The zero-order chi connectivity index (χ0) is 23.8. The summed E-state index contributed by atoms with van der Waals surface area (Å²) in [5, 5.41) is 3.15. The van der Waals surface area contributed by atoms with Gasteiger partial charge in [-0.3, -0.25) is 19.0 Å². The summed E-state index contributed by atoms with van der Waals surface area (Å²) >= 11 is 1.02. The molecule has 0 radical (unpaired) electrons. The third-order valence-corrected chi connectivity index (χ3v) is 5.71. The maximum atomic E-state index is 13.4. The number of amides is 1. The molecule has 0 spiro atoms. The summed E-state index contributed by atoms with van der Waals surface area (Å²) in [7, 11) is 0. The number of hydrogen-bond acceptors (Lipinski definition) is 5. The molecular weight excluding hydrogens is 457 g/mol. The van der Waals surface area contributed by atoms with Gasteiger partial charge >= 0.3 is 6.36 Å². The van der Waals surface area contributed by atoms with Crippen molar-refractivity contribution in [1.82, 2.24) is 4.57 Å². The molecule has 1 N–H and O–H groups in total. The molecule has 4 aromatic rings. The summed E-state index contributed by atoms with van der Waals surface area (Å²) < 4.78 is 43.2. The number of aromatic nitrogens is 1. The third-order valence-electron chi connectivity index (χ3n) is 4.60. The Hall–Kier alpha value is -3.92. The van der Waals surface area contributed by atoms with Gasteiger partial charge in [0.2, 0.25) is 5.91 Å². The average Bonchev–Trinajstić information content (AvgIpc) is 3.09. The predicted octanol–water partition coefficient (Wildman–Crippen LogP) is 5.14. The van der Waals surface area contributed by atoms with Crippen LogP contribution in [0.15, 0.2) is 71.5 Å². The van der Waals surface area contributed by atoms with E-state index in [1.165, 1.54) is 35.8 Å². The van der Waals surface area contributed by atoms with Crippen LogP contribution in [0.3, 0.4) is 0 Å². The van der Waals surface area contributed by atoms with Crippen LogP contribution in [0.4, 0.5) is 18.2 Å². The molecule has 2 aromatic heterocycles. The minimum Gasteiger partial charge on any atom is -0.406 e. The molecule has 2 heterocycles. The van der Waals surface area contributed by atoms with E-state index in [-0.39, 0.29) is 21.7 Å². The monoisotopic (exact) mass is 472 g/mol. The number of nitrogens with one attached hydrogen (secondary N) is 1. The molecule has 0 bridgehead atoms. The summed E-state index contributed by atoms with van der Waals surface area (Å²) in [6.45, 7) is 1.26. The van der Waals surface area contributed by atoms with E-state index in [9.17, 15) is 27.6 Å². The molecule has 6 nitrogen and oxygen atoms in total. The number of halogens is 3. The van der Waals surface area contributed by atoms with Crippen molar-refractivity contribution in [3.63, 3.8) is 0 Å². The molecule has 0 fully saturated rings. The van der Waals surface area contributed by atoms with Gasteiger partial charge in [0.25, 0.3) is 5.56 Å². The number of anilines is 1. The molecule has 2 aromatic carbocycles. The fourth-order valence-electron chi connectivity index (χ4n) is 3.36. The fraction of sp³-hybridized carbons (Fsp3) is 0.0870. The summed E-state index contributed by atoms with van der Waals surface area (Å²) in [5.74, 6) is -1.62. The van der Waals surface area contributed by atoms with E-state index in [4.69, 9.17) is 0 Å². The molecule has 1 amide bonds. The fourth-order valence-corrected chi connectivity index (χ4v) is 4.62. The Morgan fingerprint density at radius 3 is 2.39 bits per heavy atom. The van der Waals surface area contributed by atoms with Crippen molar-refractivity contribution >= 4 is 38.2 Å². The van der Waals surface area contributed by atoms with Gasteiger partial charge in [0.1, 0.15) is 15.6 Å². The average molecular weight is 472 g/mol. The predicted molar refractivity (Wildman–Crippen MR) is 118 cm³/mol. The van der Waals surface area contributed by atoms with E-state index >= 15 is 0 Å². The number of fused-ring (bicyclic) bond motifs is 1. The number of benzene rings is 2. The lowest BCUT2D eigenvalue weighted by Crippen LogP contribution is -2.17. The number of carbonyl (C=O) groups is 2. The van der Waals surface area contributed by atoms with Crippen LogP contribution in [0, 0.1) is 0 Å². The lowest BCUT2D eigenvalue weighted by atomic mass is 10.0. The topological polar surface area (TPSA) is 77.4 Å². The summed E-state index contributed by atoms with van der Waals surface area (Å²) in [6, 6.07) is 16.2. The SMILES string of the molecule is CC(=O)Nc1sc2c(ccc(=O)n2-c2ccccc2)c1C(=O)c1cccc(OC(F)(F)F)c1. The normalized spacial score (nSPS) is 11.4. The number of nitrogens with zero attached hydrogens (tertiary/aromatic N) is 1. The van der Waals surface area contributed by atoms with Gasteiger partial charge in [-0.15, -0.1) is 13.2 Å². The molecule has 4 rings (SSSR count). The van der Waals surface area contributed by atoms with Crippen molar-refractivity contribution < 1.29 is 27.5 Å². The van der Waals surface area contributed by atoms with Gasteiger partial charge in [-0.1, -0.05) is 41.7 Å². The number of thiophene rings is 1. The Kier molecular flexibility index (Phi) is 5.77. The minimum atomic E-state index is -4.91. The van der Waals surface area contributed by atoms with Crippen molar-refractivity contribution in [2.24, 2.45) is 0 Å². The highest BCUT2D eigenvalue weighted by atomic mass is 32.1. The van der Waals surface area contributed by atoms with Gasteiger partial charge in [0.05, 0.1) is 11.3 Å². The van der Waals surface area contributed by atoms with Crippen LogP contribution in [0.25, 0.3) is 15.9 Å². The third kappa shape index (κ3) is 4.65. The van der Waals surface area contributed by atoms with Crippen molar-refractivity contribution in [3.05, 3.63) is 88.2 Å². The molecule has 33 heavy (non-hydrogen) atoms. The van der Waals surface area contributed by atoms with Crippen molar-refractivity contribution in [2.45, 2.75) is 13.3 Å². The lowest BCUT2D eigenvalue weighted by molar-refractivity contribution is -0.274. The second-order valence-corrected chi connectivity index (χ2v) is 7.95. The van der Waals surface area contributed by atoms with Crippen molar-refractivity contribution in [2.75, 3.05) is 5.32 Å². The first-order valence-electron chi connectivity index (χ1n) is 9.56. The van der Waals surface area contributed by atoms with Crippen LogP contribution in [0.2, 0.25) is 0 Å². The summed E-state index contributed by atoms with van der Waals surface area (Å²) in [4.78, 5) is 38.3. The Morgan fingerprint density at radius 2 is 1.73 bits per heavy atom. The van der Waals surface area contributed by atoms with Gasteiger partial charge < -0.3 is 10.1 Å². The zero-order valence-corrected chi connectivity index (χ0v) is 17.8. The maximum Gasteiger partial charge on any atom is 0.573 e. The number of ketones is 1. The molecule has 168 valence electrons. The summed E-state index contributed by atoms with van der Waals surface area (Å²) in [5.41, 5.74) is 0.215. The molecule has 0 atom stereocenters. The Morgan fingerprint density at radius 1 is 1.00 bits per heavy atom. The van der Waals surface area contributed by atoms with Crippen molar-refractivity contribution in [3.8, 4) is 11.4 Å². The molecule has 0 aliphatic heterocycles. The van der Waals surface area contributed by atoms with Crippen LogP contribution in [-0.4, -0.2) is 22.6 Å². The largest absolute Gasteiger partial charge is 0.573 e. The van der Waals surface area contributed by atoms with E-state index in [0.717, 1.165) is 23.5 Å². The number of para-hydroxylation sites is 1. The second-order valence-electron chi connectivity index (χ2n) is 6.95. The van der Waals surface area contributed by atoms with Gasteiger partial charge in [0, 0.05) is 23.9 Å². The minimum absolute atomic E-state index is 0.0686. The van der Waals surface area contributed by atoms with Gasteiger partial charge in [-0.25, -0.2) is 0 Å². The number of alkyl halides is 3. The van der Waals surface area contributed by atoms with Crippen LogP contribution >= 0.6 is 11.3 Å². The first-order valence-corrected chi connectivity index (χ1v) is 10.4. The number of carbonyl (C=O) groups excluding carboxylic acids is 2. The van der Waals surface area contributed by atoms with E-state index in [0.29, 0.717) is 15.9 Å². The molecule has 10 heteroatoms. The standard InChI is InChI=1S/C23H15F3N2O4S/c1-13(29)27-21-19(20(31)14-6-5-9-16(12-14)32-23(24,25)26)17-10-11-18(30)28(22(17)33-21)15-7-3-2-4-8-15/h2-12H,1H3,(H,27,29). The zero-order valence-electron chi connectivity index (χ0n) is 17.0. The van der Waals surface area contributed by atoms with E-state index in [1.54, 1.807) is 30.3 Å². The van der Waals surface area contributed by atoms with Gasteiger partial charge in [-0.05, 0) is 30.3 Å². The first-order chi connectivity index (χ1) is 15.6. The van der Waals surface area contributed by atoms with E-state index in [2.05, 4.69) is 10.1 Å². The van der Waals surface area contributed by atoms with Crippen LogP contribution < -0.4 is 15.6 Å². The smallest absolute Gasteiger partial charge is 0.406 e. The summed E-state index contributed by atoms with van der Waals surface area (Å²) in [6.07, 6.45) is -4.91. The van der Waals surface area contributed by atoms with Gasteiger partial charge in [0.15, 0.2) is 5.78 Å². The van der Waals surface area contributed by atoms with Crippen LogP contribution in [-0.2, 0) is 4.79 Å². The molecule has 0 aliphatic rings. The number of hydrogen-bond donors (Lipinski definition) is 1. The van der Waals surface area contributed by atoms with E-state index < -0.39 is 23.8 Å². The Balaban J connectivity index is 1.92. The number of ether oxygens (including phenoxy) is 1. The molecule has 0 saturated heterocycles. The molecule has 0 aliphatic carbocycles. The number of rotatable bonds is 5. The maximum absolute atomic E-state index is 13.4. The highest BCUT2D eigenvalue weighted by Crippen LogP contribution is 2.38. The Bertz CT molecular complexity index is 1430. The molecule has 0 unspecified atom stereocenters. The lowest BCUT2D eigenvalue weighted by Gasteiger charge is -2.10.